The van der Waals surface area contributed by atoms with Gasteiger partial charge < -0.3 is 14.0 Å². The molecule has 0 bridgehead atoms. The summed E-state index contributed by atoms with van der Waals surface area (Å²) < 4.78 is 8.52. The number of hydrogen-bond acceptors (Lipinski definition) is 3. The maximum atomic E-state index is 6.31. The molecule has 3 heterocycles. The summed E-state index contributed by atoms with van der Waals surface area (Å²) in [5, 5.41) is 6.08. The molecule has 53 heavy (non-hydrogen) atoms. The molecule has 265 valence electrons. The minimum atomic E-state index is -1.34. The van der Waals surface area contributed by atoms with E-state index in [4.69, 9.17) is 9.40 Å². The first kappa shape index (κ1) is 36.2. The average molecular weight is 884 g/mol. The molecule has 0 fully saturated rings. The molecule has 0 spiro atoms. The maximum absolute atomic E-state index is 6.31. The molecule has 0 aliphatic rings. The van der Waals surface area contributed by atoms with Crippen molar-refractivity contribution in [1.82, 2.24) is 14.5 Å². The molecule has 9 rings (SSSR count). The van der Waals surface area contributed by atoms with E-state index in [-0.39, 0.29) is 20.1 Å². The van der Waals surface area contributed by atoms with Gasteiger partial charge in [-0.25, -0.2) is 0 Å². The Morgan fingerprint density at radius 3 is 2.28 bits per heavy atom. The van der Waals surface area contributed by atoms with E-state index < -0.39 is 8.07 Å². The van der Waals surface area contributed by atoms with Gasteiger partial charge in [-0.3, -0.25) is 4.98 Å². The largest absolute Gasteiger partial charge is 0.501 e. The summed E-state index contributed by atoms with van der Waals surface area (Å²) in [4.78, 5) is 9.72. The number of aromatic nitrogens is 3. The van der Waals surface area contributed by atoms with Crippen molar-refractivity contribution in [2.45, 2.75) is 39.9 Å². The Balaban J connectivity index is 0.000000180. The van der Waals surface area contributed by atoms with Crippen LogP contribution >= 0.6 is 0 Å². The maximum Gasteiger partial charge on any atom is 0.120 e. The zero-order valence-electron chi connectivity index (χ0n) is 30.6. The van der Waals surface area contributed by atoms with E-state index in [0.717, 1.165) is 67.7 Å². The number of benzene rings is 6. The van der Waals surface area contributed by atoms with Gasteiger partial charge in [0.1, 0.15) is 5.58 Å². The first-order valence-electron chi connectivity index (χ1n) is 18.0. The van der Waals surface area contributed by atoms with Crippen LogP contribution in [0.1, 0.15) is 19.4 Å². The summed E-state index contributed by atoms with van der Waals surface area (Å²) in [6.45, 7) is 11.7. The van der Waals surface area contributed by atoms with Crippen molar-refractivity contribution in [2.24, 2.45) is 5.92 Å². The van der Waals surface area contributed by atoms with Crippen LogP contribution in [-0.2, 0) is 26.5 Å². The van der Waals surface area contributed by atoms with Crippen molar-refractivity contribution in [3.8, 4) is 28.3 Å². The number of hydrogen-bond donors (Lipinski definition) is 0. The van der Waals surface area contributed by atoms with Crippen LogP contribution in [0.5, 0.6) is 0 Å². The van der Waals surface area contributed by atoms with Crippen molar-refractivity contribution in [3.05, 3.63) is 157 Å². The van der Waals surface area contributed by atoms with Crippen LogP contribution in [-0.4, -0.2) is 22.6 Å². The SMILES string of the molecule is CC(C)Cc1cc(-c2[c-]cccc2)ncc1[Si](C)(C)C.[Ir].[c-]1ccc2c(oc3ccccc32)c1-c1nc2ccccc2n1-c1ccc2ccccc2c1. The molecule has 6 heteroatoms. The number of rotatable bonds is 6. The van der Waals surface area contributed by atoms with Gasteiger partial charge in [-0.2, -0.15) is 0 Å². The van der Waals surface area contributed by atoms with Crippen molar-refractivity contribution < 1.29 is 24.5 Å². The Bertz CT molecular complexity index is 2690. The van der Waals surface area contributed by atoms with Crippen molar-refractivity contribution in [3.63, 3.8) is 0 Å². The third-order valence-corrected chi connectivity index (χ3v) is 11.6. The molecule has 9 aromatic rings. The molecule has 0 saturated heterocycles. The monoisotopic (exact) mass is 884 g/mol. The number of para-hydroxylation sites is 3. The fraction of sp³-hybridized carbons (Fsp3) is 0.149. The van der Waals surface area contributed by atoms with Crippen LogP contribution < -0.4 is 5.19 Å². The third kappa shape index (κ3) is 7.28. The summed E-state index contributed by atoms with van der Waals surface area (Å²) in [6, 6.07) is 52.4. The summed E-state index contributed by atoms with van der Waals surface area (Å²) in [5.41, 5.74) is 9.21. The van der Waals surface area contributed by atoms with Crippen LogP contribution in [0.4, 0.5) is 0 Å². The van der Waals surface area contributed by atoms with Gasteiger partial charge in [0.15, 0.2) is 0 Å². The topological polar surface area (TPSA) is 43.9 Å². The molecule has 4 nitrogen and oxygen atoms in total. The van der Waals surface area contributed by atoms with Crippen LogP contribution in [0, 0.1) is 18.1 Å². The predicted molar refractivity (Wildman–Crippen MR) is 220 cm³/mol. The number of furan rings is 1. The van der Waals surface area contributed by atoms with Gasteiger partial charge in [-0.15, -0.1) is 54.1 Å². The first-order valence-corrected chi connectivity index (χ1v) is 21.5. The van der Waals surface area contributed by atoms with E-state index in [1.807, 2.05) is 48.5 Å². The van der Waals surface area contributed by atoms with Crippen molar-refractivity contribution >= 4 is 57.0 Å². The Hall–Kier alpha value is -5.13. The number of nitrogens with zero attached hydrogens (tertiary/aromatic N) is 3. The van der Waals surface area contributed by atoms with E-state index in [9.17, 15) is 0 Å². The van der Waals surface area contributed by atoms with Gasteiger partial charge in [-0.05, 0) is 64.3 Å². The van der Waals surface area contributed by atoms with E-state index in [0.29, 0.717) is 5.92 Å². The second-order valence-corrected chi connectivity index (χ2v) is 19.9. The van der Waals surface area contributed by atoms with Gasteiger partial charge in [-0.1, -0.05) is 117 Å². The fourth-order valence-corrected chi connectivity index (χ4v) is 8.70. The molecular formula is C47H41IrN3OSi-2. The number of fused-ring (bicyclic) bond motifs is 5. The minimum absolute atomic E-state index is 0. The molecule has 6 aromatic carbocycles. The number of imidazole rings is 1. The molecular weight excluding hydrogens is 843 g/mol. The molecule has 0 aliphatic heterocycles. The Morgan fingerprint density at radius 2 is 1.49 bits per heavy atom. The standard InChI is InChI=1S/C29H17N2O.C18H24NSi.Ir/c1-2-9-20-18-21(17-16-19(20)8-1)31-26-14-5-4-13-25(26)30-29(31)24-12-7-11-23-22-10-3-6-15-27(22)32-28(23)24;1-14(2)11-16-12-17(15-9-7-6-8-10-15)19-13-18(16)20(3,4)5;/h1-11,13-18H;6-9,12-14H,11H2,1-5H3;/q2*-1;. The summed E-state index contributed by atoms with van der Waals surface area (Å²) in [6.07, 6.45) is 3.24. The molecule has 0 aliphatic carbocycles. The Morgan fingerprint density at radius 1 is 0.736 bits per heavy atom. The second-order valence-electron chi connectivity index (χ2n) is 14.8. The quantitative estimate of drug-likeness (QED) is 0.123. The van der Waals surface area contributed by atoms with Gasteiger partial charge >= 0.3 is 0 Å². The normalized spacial score (nSPS) is 11.6. The molecule has 0 saturated carbocycles. The van der Waals surface area contributed by atoms with E-state index >= 15 is 0 Å². The predicted octanol–water partition coefficient (Wildman–Crippen LogP) is 11.8. The van der Waals surface area contributed by atoms with Crippen LogP contribution in [0.3, 0.4) is 0 Å². The Kier molecular flexibility index (Phi) is 10.3. The Labute approximate surface area is 325 Å². The minimum Gasteiger partial charge on any atom is -0.501 e. The molecule has 0 N–H and O–H groups in total. The van der Waals surface area contributed by atoms with Gasteiger partial charge in [0, 0.05) is 37.4 Å². The van der Waals surface area contributed by atoms with Crippen LogP contribution in [0.25, 0.3) is 72.1 Å². The van der Waals surface area contributed by atoms with Crippen molar-refractivity contribution in [1.29, 1.82) is 0 Å². The van der Waals surface area contributed by atoms with Gasteiger partial charge in [0.05, 0.1) is 30.5 Å². The van der Waals surface area contributed by atoms with E-state index in [1.54, 1.807) is 0 Å². The zero-order chi connectivity index (χ0) is 35.8. The fourth-order valence-electron chi connectivity index (χ4n) is 7.11. The summed E-state index contributed by atoms with van der Waals surface area (Å²) in [7, 11) is -1.34. The summed E-state index contributed by atoms with van der Waals surface area (Å²) in [5.74, 6) is 1.49. The average Bonchev–Trinajstić information content (AvgIpc) is 3.74. The molecule has 0 unspecified atom stereocenters. The van der Waals surface area contributed by atoms with Crippen LogP contribution in [0.15, 0.2) is 144 Å². The van der Waals surface area contributed by atoms with E-state index in [2.05, 4.69) is 146 Å². The second kappa shape index (κ2) is 15.1. The molecule has 3 aromatic heterocycles. The van der Waals surface area contributed by atoms with Gasteiger partial charge in [0.2, 0.25) is 0 Å². The van der Waals surface area contributed by atoms with Crippen molar-refractivity contribution in [2.75, 3.05) is 0 Å². The van der Waals surface area contributed by atoms with E-state index in [1.165, 1.54) is 21.5 Å². The molecule has 0 atom stereocenters. The van der Waals surface area contributed by atoms with Crippen LogP contribution in [0.2, 0.25) is 19.6 Å². The molecule has 0 amide bonds. The third-order valence-electron chi connectivity index (χ3n) is 9.53. The first-order chi connectivity index (χ1) is 25.2. The zero-order valence-corrected chi connectivity index (χ0v) is 34.0. The van der Waals surface area contributed by atoms with Gasteiger partial charge in [0.25, 0.3) is 0 Å². The smallest absolute Gasteiger partial charge is 0.120 e. The summed E-state index contributed by atoms with van der Waals surface area (Å²) >= 11 is 0. The molecule has 1 radical (unpaired) electrons. The number of pyridine rings is 1.